The maximum Gasteiger partial charge on any atom is 0.407 e. The van der Waals surface area contributed by atoms with Crippen LogP contribution in [0.4, 0.5) is 4.79 Å². The fourth-order valence-electron chi connectivity index (χ4n) is 8.64. The summed E-state index contributed by atoms with van der Waals surface area (Å²) < 4.78 is 17.2. The highest BCUT2D eigenvalue weighted by atomic mass is 16.5. The number of alkyl carbamates (subject to hydrolysis) is 1. The van der Waals surface area contributed by atoms with Gasteiger partial charge in [0.15, 0.2) is 0 Å². The minimum absolute atomic E-state index is 0.0495. The molecule has 0 aliphatic carbocycles. The zero-order chi connectivity index (χ0) is 47.0. The number of esters is 2. The first-order valence-electron chi connectivity index (χ1n) is 27.9. The molecule has 0 aliphatic rings. The van der Waals surface area contributed by atoms with Crippen LogP contribution >= 0.6 is 0 Å². The van der Waals surface area contributed by atoms with E-state index in [1.54, 1.807) is 0 Å². The Bertz CT molecular complexity index is 950. The molecule has 0 aliphatic heterocycles. The van der Waals surface area contributed by atoms with Crippen LogP contribution in [-0.2, 0) is 23.8 Å². The van der Waals surface area contributed by atoms with Gasteiger partial charge in [0, 0.05) is 19.6 Å². The van der Waals surface area contributed by atoms with Gasteiger partial charge in [0.25, 0.3) is 0 Å². The van der Waals surface area contributed by atoms with Gasteiger partial charge in [-0.25, -0.2) is 4.79 Å². The van der Waals surface area contributed by atoms with Crippen LogP contribution < -0.4 is 5.32 Å². The predicted molar refractivity (Wildman–Crippen MR) is 272 cm³/mol. The number of ether oxygens (including phenoxy) is 3. The average molecular weight is 908 g/mol. The molecule has 0 heterocycles. The lowest BCUT2D eigenvalue weighted by Gasteiger charge is -2.22. The molecule has 0 rings (SSSR count). The second-order valence-electron chi connectivity index (χ2n) is 19.5. The molecule has 380 valence electrons. The van der Waals surface area contributed by atoms with E-state index in [4.69, 9.17) is 14.2 Å². The van der Waals surface area contributed by atoms with Crippen LogP contribution in [0, 0.1) is 11.8 Å². The van der Waals surface area contributed by atoms with Crippen molar-refractivity contribution >= 4 is 18.0 Å². The number of hydrogen-bond donors (Lipinski definition) is 1. The van der Waals surface area contributed by atoms with Crippen molar-refractivity contribution < 1.29 is 28.6 Å². The summed E-state index contributed by atoms with van der Waals surface area (Å²) in [6.45, 7) is 14.7. The van der Waals surface area contributed by atoms with Crippen molar-refractivity contribution in [3.8, 4) is 0 Å². The molecule has 0 spiro atoms. The summed E-state index contributed by atoms with van der Waals surface area (Å²) in [4.78, 5) is 42.8. The normalized spacial score (nSPS) is 12.5. The third kappa shape index (κ3) is 42.7. The number of nitrogens with one attached hydrogen (secondary N) is 1. The molecule has 2 atom stereocenters. The number of carbonyl (C=O) groups excluding carboxylic acids is 3. The topological polar surface area (TPSA) is 97.4 Å². The van der Waals surface area contributed by atoms with Gasteiger partial charge in [-0.05, 0) is 78.6 Å². The molecular formula is C55H109N3O6. The van der Waals surface area contributed by atoms with Crippen molar-refractivity contribution in [2.45, 2.75) is 259 Å². The van der Waals surface area contributed by atoms with E-state index in [1.165, 1.54) is 141 Å². The Kier molecular flexibility index (Phi) is 47.6. The third-order valence-electron chi connectivity index (χ3n) is 13.0. The van der Waals surface area contributed by atoms with Gasteiger partial charge >= 0.3 is 18.0 Å². The van der Waals surface area contributed by atoms with Crippen LogP contribution in [-0.4, -0.2) is 94.5 Å². The van der Waals surface area contributed by atoms with E-state index >= 15 is 0 Å². The van der Waals surface area contributed by atoms with Gasteiger partial charge in [0.2, 0.25) is 0 Å². The highest BCUT2D eigenvalue weighted by Crippen LogP contribution is 2.22. The van der Waals surface area contributed by atoms with Crippen molar-refractivity contribution in [1.82, 2.24) is 15.1 Å². The first-order valence-corrected chi connectivity index (χ1v) is 27.9. The van der Waals surface area contributed by atoms with E-state index in [0.717, 1.165) is 116 Å². The minimum Gasteiger partial charge on any atom is -0.465 e. The molecule has 0 aromatic carbocycles. The summed E-state index contributed by atoms with van der Waals surface area (Å²) >= 11 is 0. The van der Waals surface area contributed by atoms with Crippen LogP contribution in [0.25, 0.3) is 0 Å². The molecule has 0 saturated carbocycles. The zero-order valence-electron chi connectivity index (χ0n) is 43.6. The lowest BCUT2D eigenvalue weighted by Crippen LogP contribution is -2.35. The second kappa shape index (κ2) is 49.0. The molecular weight excluding hydrogens is 799 g/mol. The van der Waals surface area contributed by atoms with Crippen molar-refractivity contribution in [2.75, 3.05) is 66.6 Å². The molecule has 9 nitrogen and oxygen atoms in total. The smallest absolute Gasteiger partial charge is 0.407 e. The average Bonchev–Trinajstić information content (AvgIpc) is 3.28. The van der Waals surface area contributed by atoms with Gasteiger partial charge in [-0.1, -0.05) is 207 Å². The number of rotatable bonds is 50. The number of amides is 1. The van der Waals surface area contributed by atoms with Gasteiger partial charge in [-0.15, -0.1) is 0 Å². The minimum atomic E-state index is -0.334. The van der Waals surface area contributed by atoms with Gasteiger partial charge in [0.05, 0.1) is 25.0 Å². The van der Waals surface area contributed by atoms with Crippen LogP contribution in [0.3, 0.4) is 0 Å². The fraction of sp³-hybridized carbons (Fsp3) is 0.945. The molecule has 0 radical (unpaired) electrons. The summed E-state index contributed by atoms with van der Waals surface area (Å²) in [6, 6.07) is 0. The van der Waals surface area contributed by atoms with Crippen LogP contribution in [0.1, 0.15) is 259 Å². The zero-order valence-corrected chi connectivity index (χ0v) is 43.6. The van der Waals surface area contributed by atoms with E-state index in [0.29, 0.717) is 26.4 Å². The van der Waals surface area contributed by atoms with E-state index in [1.807, 2.05) is 19.0 Å². The summed E-state index contributed by atoms with van der Waals surface area (Å²) in [5.41, 5.74) is 0. The van der Waals surface area contributed by atoms with Gasteiger partial charge < -0.3 is 24.4 Å². The number of hydrogen-bond acceptors (Lipinski definition) is 8. The van der Waals surface area contributed by atoms with Gasteiger partial charge in [-0.2, -0.15) is 0 Å². The summed E-state index contributed by atoms with van der Waals surface area (Å²) in [5.74, 6) is 0.264. The Labute approximate surface area is 397 Å². The lowest BCUT2D eigenvalue weighted by atomic mass is 9.94. The SMILES string of the molecule is CCCCCCCCC(CCCCCC)C(=O)OCCCCCCCCN(CCCCCCCCOC(=O)C(CCCCCC)CCCCCCCC)CCOC(=O)NCCN(C)C. The monoisotopic (exact) mass is 908 g/mol. The van der Waals surface area contributed by atoms with E-state index in [2.05, 4.69) is 37.9 Å². The van der Waals surface area contributed by atoms with Crippen molar-refractivity contribution in [3.05, 3.63) is 0 Å². The first-order chi connectivity index (χ1) is 31.3. The molecule has 0 aromatic rings. The molecule has 0 bridgehead atoms. The summed E-state index contributed by atoms with van der Waals surface area (Å²) in [5, 5.41) is 2.85. The van der Waals surface area contributed by atoms with E-state index < -0.39 is 0 Å². The Balaban J connectivity index is 4.54. The van der Waals surface area contributed by atoms with Crippen LogP contribution in [0.15, 0.2) is 0 Å². The third-order valence-corrected chi connectivity index (χ3v) is 13.0. The number of likely N-dealkylation sites (N-methyl/N-ethyl adjacent to an activating group) is 1. The highest BCUT2D eigenvalue weighted by Gasteiger charge is 2.20. The standard InChI is InChI=1S/C55H109N3O6/c1-7-11-15-19-25-33-41-51(39-31-17-13-9-3)53(59)62-48-37-29-23-21-27-35-44-58(47-50-64-55(61)56-43-46-57(5)6)45-36-28-22-24-30-38-49-63-54(60)52(40-32-18-14-10-4)42-34-26-20-16-12-8-2/h51-52H,7-50H2,1-6H3,(H,56,61). The Hall–Kier alpha value is -1.87. The fourth-order valence-corrected chi connectivity index (χ4v) is 8.64. The lowest BCUT2D eigenvalue weighted by molar-refractivity contribution is -0.150. The number of unbranched alkanes of at least 4 members (excludes halogenated alkanes) is 26. The first kappa shape index (κ1) is 62.1. The molecule has 0 aromatic heterocycles. The maximum atomic E-state index is 13.0. The maximum absolute atomic E-state index is 13.0. The Morgan fingerprint density at radius 1 is 0.375 bits per heavy atom. The summed E-state index contributed by atoms with van der Waals surface area (Å²) in [6.07, 6.45) is 41.9. The molecule has 2 unspecified atom stereocenters. The van der Waals surface area contributed by atoms with Crippen molar-refractivity contribution in [2.24, 2.45) is 11.8 Å². The van der Waals surface area contributed by atoms with Gasteiger partial charge in [-0.3, -0.25) is 14.5 Å². The summed E-state index contributed by atoms with van der Waals surface area (Å²) in [7, 11) is 3.98. The molecule has 1 amide bonds. The number of nitrogens with zero attached hydrogens (tertiary/aromatic N) is 2. The number of carbonyl (C=O) groups is 3. The second-order valence-corrected chi connectivity index (χ2v) is 19.5. The Morgan fingerprint density at radius 2 is 0.703 bits per heavy atom. The quantitative estimate of drug-likeness (QED) is 0.0366. The van der Waals surface area contributed by atoms with Crippen molar-refractivity contribution in [1.29, 1.82) is 0 Å². The predicted octanol–water partition coefficient (Wildman–Crippen LogP) is 15.0. The highest BCUT2D eigenvalue weighted by molar-refractivity contribution is 5.72. The van der Waals surface area contributed by atoms with Crippen LogP contribution in [0.5, 0.6) is 0 Å². The molecule has 0 fully saturated rings. The largest absolute Gasteiger partial charge is 0.465 e. The van der Waals surface area contributed by atoms with E-state index in [9.17, 15) is 14.4 Å². The molecule has 64 heavy (non-hydrogen) atoms. The van der Waals surface area contributed by atoms with E-state index in [-0.39, 0.29) is 29.9 Å². The molecule has 9 heteroatoms. The molecule has 0 saturated heterocycles. The van der Waals surface area contributed by atoms with Crippen molar-refractivity contribution in [3.63, 3.8) is 0 Å². The van der Waals surface area contributed by atoms with Crippen LogP contribution in [0.2, 0.25) is 0 Å². The Morgan fingerprint density at radius 3 is 1.08 bits per heavy atom. The molecule has 1 N–H and O–H groups in total. The van der Waals surface area contributed by atoms with Gasteiger partial charge in [0.1, 0.15) is 6.61 Å².